The summed E-state index contributed by atoms with van der Waals surface area (Å²) in [7, 11) is -11.7. The molecular weight excluding hydrogens is 558 g/mol. The minimum atomic E-state index is -5.84. The van der Waals surface area contributed by atoms with Crippen LogP contribution in [0.15, 0.2) is 36.7 Å². The van der Waals surface area contributed by atoms with Gasteiger partial charge in [-0.05, 0) is 32.4 Å². The summed E-state index contributed by atoms with van der Waals surface area (Å²) in [6.45, 7) is 5.50. The summed E-state index contributed by atoms with van der Waals surface area (Å²) in [6, 6.07) is 4.70. The maximum atomic E-state index is 12.4. The third-order valence-corrected chi connectivity index (χ3v) is 6.66. The van der Waals surface area contributed by atoms with Crippen molar-refractivity contribution in [3.05, 3.63) is 36.7 Å². The van der Waals surface area contributed by atoms with E-state index in [4.69, 9.17) is 0 Å². The first kappa shape index (κ1) is 30.2. The Morgan fingerprint density at radius 2 is 1.05 bits per heavy atom. The fraction of sp³-hybridized carbons (Fsp3) is 0.474. The maximum Gasteiger partial charge on any atom is 0.534 e. The first-order chi connectivity index (χ1) is 17.0. The SMILES string of the molecule is CCN(CCCN(CC)c1ccc(OS(=O)(=O)C(F)(F)F)nc1)c1ccc(OS(=O)(=O)C(F)(F)F)nc1. The molecule has 0 saturated carbocycles. The Labute approximate surface area is 209 Å². The molecule has 0 saturated heterocycles. The van der Waals surface area contributed by atoms with Crippen molar-refractivity contribution in [3.8, 4) is 11.8 Å². The molecule has 2 aromatic heterocycles. The Morgan fingerprint density at radius 1 is 0.703 bits per heavy atom. The van der Waals surface area contributed by atoms with Gasteiger partial charge in [0.2, 0.25) is 11.8 Å². The standard InChI is InChI=1S/C19H22F6N4O6S2/c1-3-28(14-6-8-16(26-12-14)34-36(30,31)18(20,21)22)10-5-11-29(4-2)15-7-9-17(27-13-15)35-37(32,33)19(23,24)25/h6-9,12-13H,3-5,10-11H2,1-2H3. The van der Waals surface area contributed by atoms with Gasteiger partial charge < -0.3 is 18.2 Å². The summed E-state index contributed by atoms with van der Waals surface area (Å²) in [4.78, 5) is 10.9. The van der Waals surface area contributed by atoms with Gasteiger partial charge in [-0.25, -0.2) is 9.97 Å². The quantitative estimate of drug-likeness (QED) is 0.209. The van der Waals surface area contributed by atoms with Crippen LogP contribution in [-0.2, 0) is 20.2 Å². The van der Waals surface area contributed by atoms with Gasteiger partial charge in [0, 0.05) is 38.3 Å². The summed E-state index contributed by atoms with van der Waals surface area (Å²) in [5.74, 6) is -1.48. The largest absolute Gasteiger partial charge is 0.534 e. The van der Waals surface area contributed by atoms with E-state index in [2.05, 4.69) is 18.3 Å². The Morgan fingerprint density at radius 3 is 1.30 bits per heavy atom. The average molecular weight is 581 g/mol. The molecule has 18 heteroatoms. The maximum absolute atomic E-state index is 12.4. The fourth-order valence-corrected chi connectivity index (χ4v) is 3.76. The molecule has 0 fully saturated rings. The molecule has 10 nitrogen and oxygen atoms in total. The van der Waals surface area contributed by atoms with Gasteiger partial charge in [0.25, 0.3) is 0 Å². The zero-order valence-electron chi connectivity index (χ0n) is 19.3. The lowest BCUT2D eigenvalue weighted by molar-refractivity contribution is -0.0506. The van der Waals surface area contributed by atoms with Crippen LogP contribution in [0.5, 0.6) is 11.8 Å². The van der Waals surface area contributed by atoms with Crippen molar-refractivity contribution in [2.24, 2.45) is 0 Å². The van der Waals surface area contributed by atoms with Crippen LogP contribution in [0.2, 0.25) is 0 Å². The highest BCUT2D eigenvalue weighted by atomic mass is 32.2. The molecule has 2 aromatic rings. The number of rotatable bonds is 12. The molecule has 208 valence electrons. The van der Waals surface area contributed by atoms with Crippen molar-refractivity contribution in [1.29, 1.82) is 0 Å². The van der Waals surface area contributed by atoms with Crippen LogP contribution in [0.4, 0.5) is 37.7 Å². The number of nitrogens with zero attached hydrogens (tertiary/aromatic N) is 4. The molecule has 0 spiro atoms. The molecule has 0 aromatic carbocycles. The molecule has 0 atom stereocenters. The van der Waals surface area contributed by atoms with Crippen LogP contribution >= 0.6 is 0 Å². The van der Waals surface area contributed by atoms with E-state index in [1.54, 1.807) is 0 Å². The highest BCUT2D eigenvalue weighted by Gasteiger charge is 2.49. The normalized spacial score (nSPS) is 12.8. The van der Waals surface area contributed by atoms with Gasteiger partial charge in [0.15, 0.2) is 0 Å². The van der Waals surface area contributed by atoms with Crippen LogP contribution in [0.3, 0.4) is 0 Å². The van der Waals surface area contributed by atoms with Gasteiger partial charge in [-0.3, -0.25) is 0 Å². The lowest BCUT2D eigenvalue weighted by Crippen LogP contribution is -2.30. The predicted octanol–water partition coefficient (Wildman–Crippen LogP) is 3.68. The first-order valence-corrected chi connectivity index (χ1v) is 13.3. The Bertz CT molecular complexity index is 1140. The summed E-state index contributed by atoms with van der Waals surface area (Å²) >= 11 is 0. The van der Waals surface area contributed by atoms with Crippen molar-refractivity contribution in [2.75, 3.05) is 36.0 Å². The third-order valence-electron chi connectivity index (χ3n) is 4.75. The molecule has 0 amide bonds. The van der Waals surface area contributed by atoms with E-state index >= 15 is 0 Å². The number of pyridine rings is 2. The topological polar surface area (TPSA) is 119 Å². The highest BCUT2D eigenvalue weighted by molar-refractivity contribution is 7.88. The molecule has 2 rings (SSSR count). The van der Waals surface area contributed by atoms with Crippen LogP contribution < -0.4 is 18.2 Å². The number of aromatic nitrogens is 2. The molecule has 0 unspecified atom stereocenters. The number of hydrogen-bond donors (Lipinski definition) is 0. The van der Waals surface area contributed by atoms with E-state index < -0.39 is 43.0 Å². The van der Waals surface area contributed by atoms with Crippen LogP contribution in [-0.4, -0.2) is 64.0 Å². The first-order valence-electron chi connectivity index (χ1n) is 10.4. The van der Waals surface area contributed by atoms with Crippen LogP contribution in [0.25, 0.3) is 0 Å². The Hall–Kier alpha value is -3.02. The van der Waals surface area contributed by atoms with Gasteiger partial charge in [-0.2, -0.15) is 43.2 Å². The summed E-state index contributed by atoms with van der Waals surface area (Å²) in [5, 5.41) is 0. The third kappa shape index (κ3) is 7.98. The number of halogens is 6. The minimum absolute atomic E-state index is 0.453. The molecule has 0 aliphatic carbocycles. The summed E-state index contributed by atoms with van der Waals surface area (Å²) in [6.07, 6.45) is 2.88. The van der Waals surface area contributed by atoms with E-state index in [9.17, 15) is 43.2 Å². The number of alkyl halides is 6. The van der Waals surface area contributed by atoms with E-state index in [1.165, 1.54) is 24.5 Å². The highest BCUT2D eigenvalue weighted by Crippen LogP contribution is 2.28. The molecule has 0 aliphatic heterocycles. The van der Waals surface area contributed by atoms with Gasteiger partial charge in [-0.15, -0.1) is 0 Å². The molecule has 0 bridgehead atoms. The second-order valence-electron chi connectivity index (χ2n) is 7.19. The monoisotopic (exact) mass is 580 g/mol. The van der Waals surface area contributed by atoms with E-state index in [0.717, 1.165) is 12.1 Å². The lowest BCUT2D eigenvalue weighted by Gasteiger charge is -2.27. The second-order valence-corrected chi connectivity index (χ2v) is 10.3. The van der Waals surface area contributed by atoms with E-state index in [-0.39, 0.29) is 0 Å². The van der Waals surface area contributed by atoms with Crippen molar-refractivity contribution in [2.45, 2.75) is 31.3 Å². The van der Waals surface area contributed by atoms with Gasteiger partial charge >= 0.3 is 31.3 Å². The summed E-state index contributed by atoms with van der Waals surface area (Å²) in [5.41, 5.74) is -10.2. The van der Waals surface area contributed by atoms with E-state index in [0.29, 0.717) is 44.0 Å². The van der Waals surface area contributed by atoms with Crippen LogP contribution in [0.1, 0.15) is 20.3 Å². The van der Waals surface area contributed by atoms with Gasteiger partial charge in [0.05, 0.1) is 23.8 Å². The molecule has 37 heavy (non-hydrogen) atoms. The molecule has 0 N–H and O–H groups in total. The minimum Gasteiger partial charge on any atom is -0.370 e. The molecule has 0 radical (unpaired) electrons. The zero-order valence-corrected chi connectivity index (χ0v) is 21.0. The van der Waals surface area contributed by atoms with Gasteiger partial charge in [0.1, 0.15) is 0 Å². The van der Waals surface area contributed by atoms with E-state index in [1.807, 2.05) is 23.6 Å². The predicted molar refractivity (Wildman–Crippen MR) is 120 cm³/mol. The van der Waals surface area contributed by atoms with Crippen molar-refractivity contribution >= 4 is 31.6 Å². The number of anilines is 2. The van der Waals surface area contributed by atoms with Crippen molar-refractivity contribution < 1.29 is 51.5 Å². The molecular formula is C19H22F6N4O6S2. The van der Waals surface area contributed by atoms with Crippen LogP contribution in [0, 0.1) is 0 Å². The Balaban J connectivity index is 1.98. The molecule has 2 heterocycles. The molecule has 0 aliphatic rings. The smallest absolute Gasteiger partial charge is 0.370 e. The Kier molecular flexibility index (Phi) is 9.45. The number of hydrogen-bond acceptors (Lipinski definition) is 10. The van der Waals surface area contributed by atoms with Crippen molar-refractivity contribution in [1.82, 2.24) is 9.97 Å². The second kappa shape index (κ2) is 11.6. The zero-order chi connectivity index (χ0) is 28.1. The average Bonchev–Trinajstić information content (AvgIpc) is 2.79. The summed E-state index contributed by atoms with van der Waals surface area (Å²) < 4.78 is 127. The van der Waals surface area contributed by atoms with Gasteiger partial charge in [-0.1, -0.05) is 0 Å². The fourth-order valence-electron chi connectivity index (χ4n) is 2.93. The lowest BCUT2D eigenvalue weighted by atomic mass is 10.2. The van der Waals surface area contributed by atoms with Crippen molar-refractivity contribution in [3.63, 3.8) is 0 Å².